The maximum Gasteiger partial charge on any atom is 0.243 e. The van der Waals surface area contributed by atoms with Gasteiger partial charge in [-0.1, -0.05) is 17.7 Å². The van der Waals surface area contributed by atoms with Gasteiger partial charge in [-0.05, 0) is 64.6 Å². The summed E-state index contributed by atoms with van der Waals surface area (Å²) in [5, 5.41) is 6.56. The number of benzene rings is 1. The molecule has 158 valence electrons. The molecule has 0 radical (unpaired) electrons. The van der Waals surface area contributed by atoms with Crippen molar-refractivity contribution in [1.29, 1.82) is 0 Å². The second-order valence-electron chi connectivity index (χ2n) is 7.95. The fourth-order valence-corrected chi connectivity index (χ4v) is 5.80. The lowest BCUT2D eigenvalue weighted by atomic mass is 9.94. The van der Waals surface area contributed by atoms with Gasteiger partial charge in [0.05, 0.1) is 4.90 Å². The van der Waals surface area contributed by atoms with Crippen LogP contribution in [0.1, 0.15) is 43.7 Å². The SMILES string of the molecule is Cc1ccc(S(=O)(=O)N2CCC(C(=O)NC3CCCNC3C)CC2)c(C)c1.Cl. The van der Waals surface area contributed by atoms with Crippen LogP contribution in [-0.2, 0) is 14.8 Å². The van der Waals surface area contributed by atoms with Crippen molar-refractivity contribution < 1.29 is 13.2 Å². The molecule has 6 nitrogen and oxygen atoms in total. The van der Waals surface area contributed by atoms with E-state index in [1.165, 1.54) is 4.31 Å². The molecule has 2 heterocycles. The van der Waals surface area contributed by atoms with Gasteiger partial charge in [0.1, 0.15) is 0 Å². The second kappa shape index (κ2) is 9.57. The van der Waals surface area contributed by atoms with Crippen molar-refractivity contribution in [2.24, 2.45) is 5.92 Å². The van der Waals surface area contributed by atoms with Gasteiger partial charge < -0.3 is 10.6 Å². The van der Waals surface area contributed by atoms with Gasteiger partial charge in [0.15, 0.2) is 0 Å². The number of carbonyl (C=O) groups excluding carboxylic acids is 1. The minimum absolute atomic E-state index is 0. The van der Waals surface area contributed by atoms with E-state index in [1.54, 1.807) is 6.07 Å². The molecule has 2 aliphatic rings. The van der Waals surface area contributed by atoms with Crippen LogP contribution in [0.15, 0.2) is 23.1 Å². The zero-order valence-corrected chi connectivity index (χ0v) is 18.5. The molecule has 1 aromatic carbocycles. The minimum Gasteiger partial charge on any atom is -0.352 e. The van der Waals surface area contributed by atoms with Gasteiger partial charge in [0.2, 0.25) is 15.9 Å². The zero-order chi connectivity index (χ0) is 19.6. The molecule has 2 saturated heterocycles. The number of halogens is 1. The number of aryl methyl sites for hydroxylation is 2. The third-order valence-corrected chi connectivity index (χ3v) is 7.92. The predicted octanol–water partition coefficient (Wildman–Crippen LogP) is 2.38. The molecule has 0 spiro atoms. The Balaban J connectivity index is 0.00000280. The molecule has 2 atom stereocenters. The van der Waals surface area contributed by atoms with E-state index >= 15 is 0 Å². The van der Waals surface area contributed by atoms with Crippen LogP contribution in [0.4, 0.5) is 0 Å². The second-order valence-corrected chi connectivity index (χ2v) is 9.85. The van der Waals surface area contributed by atoms with Gasteiger partial charge in [-0.2, -0.15) is 4.31 Å². The number of piperidine rings is 2. The average Bonchev–Trinajstić information content (AvgIpc) is 2.63. The smallest absolute Gasteiger partial charge is 0.243 e. The molecule has 28 heavy (non-hydrogen) atoms. The molecule has 0 aromatic heterocycles. The number of hydrogen-bond donors (Lipinski definition) is 2. The Kier molecular flexibility index (Phi) is 7.90. The first-order chi connectivity index (χ1) is 12.8. The van der Waals surface area contributed by atoms with E-state index in [4.69, 9.17) is 0 Å². The predicted molar refractivity (Wildman–Crippen MR) is 113 cm³/mol. The van der Waals surface area contributed by atoms with Gasteiger partial charge in [0, 0.05) is 31.1 Å². The van der Waals surface area contributed by atoms with Crippen LogP contribution >= 0.6 is 12.4 Å². The Morgan fingerprint density at radius 3 is 2.46 bits per heavy atom. The first-order valence-corrected chi connectivity index (χ1v) is 11.3. The number of rotatable bonds is 4. The Hall–Kier alpha value is -1.15. The normalized spacial score (nSPS) is 24.4. The highest BCUT2D eigenvalue weighted by molar-refractivity contribution is 7.89. The summed E-state index contributed by atoms with van der Waals surface area (Å²) in [6, 6.07) is 5.87. The van der Waals surface area contributed by atoms with Crippen LogP contribution < -0.4 is 10.6 Å². The molecule has 0 aliphatic carbocycles. The summed E-state index contributed by atoms with van der Waals surface area (Å²) in [5.41, 5.74) is 1.82. The van der Waals surface area contributed by atoms with Gasteiger partial charge >= 0.3 is 0 Å². The molecule has 2 fully saturated rings. The topological polar surface area (TPSA) is 78.5 Å². The van der Waals surface area contributed by atoms with Crippen molar-refractivity contribution in [2.45, 2.75) is 63.4 Å². The van der Waals surface area contributed by atoms with Gasteiger partial charge in [-0.25, -0.2) is 8.42 Å². The third-order valence-electron chi connectivity index (χ3n) is 5.86. The average molecular weight is 430 g/mol. The van der Waals surface area contributed by atoms with E-state index in [2.05, 4.69) is 17.6 Å². The molecule has 2 unspecified atom stereocenters. The summed E-state index contributed by atoms with van der Waals surface area (Å²) in [7, 11) is -3.50. The van der Waals surface area contributed by atoms with Crippen molar-refractivity contribution in [2.75, 3.05) is 19.6 Å². The van der Waals surface area contributed by atoms with Gasteiger partial charge in [0.25, 0.3) is 0 Å². The Labute approximate surface area is 174 Å². The summed E-state index contributed by atoms with van der Waals surface area (Å²) < 4.78 is 27.5. The molecule has 2 aliphatic heterocycles. The van der Waals surface area contributed by atoms with E-state index in [0.29, 0.717) is 30.8 Å². The number of carbonyl (C=O) groups is 1. The fourth-order valence-electron chi connectivity index (χ4n) is 4.13. The van der Waals surface area contributed by atoms with Crippen LogP contribution in [0.2, 0.25) is 0 Å². The van der Waals surface area contributed by atoms with Crippen molar-refractivity contribution in [3.63, 3.8) is 0 Å². The quantitative estimate of drug-likeness (QED) is 0.770. The van der Waals surface area contributed by atoms with Crippen LogP contribution in [0.25, 0.3) is 0 Å². The van der Waals surface area contributed by atoms with Crippen molar-refractivity contribution in [3.8, 4) is 0 Å². The standard InChI is InChI=1S/C20H31N3O3S.ClH/c1-14-6-7-19(15(2)13-14)27(25,26)23-11-8-17(9-12-23)20(24)22-18-5-4-10-21-16(18)3;/h6-7,13,16-18,21H,4-5,8-12H2,1-3H3,(H,22,24);1H. The molecular weight excluding hydrogens is 398 g/mol. The number of nitrogens with zero attached hydrogens (tertiary/aromatic N) is 1. The van der Waals surface area contributed by atoms with E-state index < -0.39 is 10.0 Å². The summed E-state index contributed by atoms with van der Waals surface area (Å²) in [4.78, 5) is 13.0. The summed E-state index contributed by atoms with van der Waals surface area (Å²) in [6.07, 6.45) is 3.22. The fraction of sp³-hybridized carbons (Fsp3) is 0.650. The molecule has 1 aromatic rings. The first-order valence-electron chi connectivity index (χ1n) is 9.90. The number of nitrogens with one attached hydrogen (secondary N) is 2. The highest BCUT2D eigenvalue weighted by Crippen LogP contribution is 2.26. The van der Waals surface area contributed by atoms with E-state index in [-0.39, 0.29) is 36.3 Å². The molecule has 2 N–H and O–H groups in total. The number of sulfonamides is 1. The largest absolute Gasteiger partial charge is 0.352 e. The third kappa shape index (κ3) is 5.06. The van der Waals surface area contributed by atoms with Crippen LogP contribution in [0.5, 0.6) is 0 Å². The van der Waals surface area contributed by atoms with Crippen LogP contribution in [-0.4, -0.2) is 50.3 Å². The Bertz CT molecular complexity index is 792. The Morgan fingerprint density at radius 1 is 1.18 bits per heavy atom. The lowest BCUT2D eigenvalue weighted by molar-refractivity contribution is -0.127. The highest BCUT2D eigenvalue weighted by Gasteiger charge is 2.34. The zero-order valence-electron chi connectivity index (χ0n) is 16.9. The molecule has 8 heteroatoms. The number of hydrogen-bond acceptors (Lipinski definition) is 4. The maximum atomic E-state index is 13.0. The molecule has 1 amide bonds. The molecular formula is C20H32ClN3O3S. The Morgan fingerprint density at radius 2 is 1.86 bits per heavy atom. The van der Waals surface area contributed by atoms with Crippen LogP contribution in [0, 0.1) is 19.8 Å². The molecule has 0 saturated carbocycles. The van der Waals surface area contributed by atoms with Crippen molar-refractivity contribution in [1.82, 2.24) is 14.9 Å². The minimum atomic E-state index is -3.50. The van der Waals surface area contributed by atoms with E-state index in [1.807, 2.05) is 26.0 Å². The number of amides is 1. The summed E-state index contributed by atoms with van der Waals surface area (Å²) >= 11 is 0. The molecule has 0 bridgehead atoms. The summed E-state index contributed by atoms with van der Waals surface area (Å²) in [6.45, 7) is 7.68. The highest BCUT2D eigenvalue weighted by atomic mass is 35.5. The van der Waals surface area contributed by atoms with E-state index in [9.17, 15) is 13.2 Å². The maximum absolute atomic E-state index is 13.0. The lowest BCUT2D eigenvalue weighted by Gasteiger charge is -2.34. The van der Waals surface area contributed by atoms with E-state index in [0.717, 1.165) is 30.5 Å². The lowest BCUT2D eigenvalue weighted by Crippen LogP contribution is -2.54. The summed E-state index contributed by atoms with van der Waals surface area (Å²) in [5.74, 6) is -0.0381. The van der Waals surface area contributed by atoms with Gasteiger partial charge in [-0.15, -0.1) is 12.4 Å². The molecule has 3 rings (SSSR count). The van der Waals surface area contributed by atoms with Gasteiger partial charge in [-0.3, -0.25) is 4.79 Å². The van der Waals surface area contributed by atoms with Crippen LogP contribution in [0.3, 0.4) is 0 Å². The monoisotopic (exact) mass is 429 g/mol. The first kappa shape index (κ1) is 23.1. The van der Waals surface area contributed by atoms with Crippen molar-refractivity contribution in [3.05, 3.63) is 29.3 Å². The van der Waals surface area contributed by atoms with Crippen molar-refractivity contribution >= 4 is 28.3 Å².